The van der Waals surface area contributed by atoms with Crippen molar-refractivity contribution in [1.82, 2.24) is 10.2 Å². The zero-order valence-corrected chi connectivity index (χ0v) is 12.4. The molecule has 0 aliphatic rings. The SMILES string of the molecule is O=[N+]([O-])c1ccc(S(=O)(=O)Nc2ccc(Cl)nn2)c(Cl)c1. The molecule has 0 bridgehead atoms. The van der Waals surface area contributed by atoms with Gasteiger partial charge in [0.2, 0.25) is 0 Å². The topological polar surface area (TPSA) is 115 Å². The molecule has 0 fully saturated rings. The number of hydrogen-bond donors (Lipinski definition) is 1. The first-order valence-corrected chi connectivity index (χ1v) is 7.49. The van der Waals surface area contributed by atoms with Crippen molar-refractivity contribution in [3.05, 3.63) is 50.6 Å². The fraction of sp³-hybridized carbons (Fsp3) is 0. The molecular weight excluding hydrogens is 343 g/mol. The number of nitrogens with zero attached hydrogens (tertiary/aromatic N) is 3. The Hall–Kier alpha value is -1.97. The van der Waals surface area contributed by atoms with Gasteiger partial charge in [0.15, 0.2) is 11.0 Å². The minimum Gasteiger partial charge on any atom is -0.262 e. The number of nitrogens with one attached hydrogen (secondary N) is 1. The lowest BCUT2D eigenvalue weighted by Crippen LogP contribution is -2.14. The maximum Gasteiger partial charge on any atom is 0.271 e. The zero-order valence-electron chi connectivity index (χ0n) is 10.0. The van der Waals surface area contributed by atoms with E-state index in [1.807, 2.05) is 0 Å². The molecule has 0 saturated heterocycles. The Bertz CT molecular complexity index is 795. The van der Waals surface area contributed by atoms with Crippen LogP contribution >= 0.6 is 23.2 Å². The molecule has 8 nitrogen and oxygen atoms in total. The maximum absolute atomic E-state index is 12.1. The van der Waals surface area contributed by atoms with Crippen molar-refractivity contribution in [3.63, 3.8) is 0 Å². The average Bonchev–Trinajstić information content (AvgIpc) is 2.40. The van der Waals surface area contributed by atoms with E-state index in [4.69, 9.17) is 23.2 Å². The lowest BCUT2D eigenvalue weighted by molar-refractivity contribution is -0.384. The van der Waals surface area contributed by atoms with Gasteiger partial charge >= 0.3 is 0 Å². The van der Waals surface area contributed by atoms with Crippen LogP contribution in [-0.4, -0.2) is 23.5 Å². The summed E-state index contributed by atoms with van der Waals surface area (Å²) in [5, 5.41) is 17.4. The van der Waals surface area contributed by atoms with E-state index in [9.17, 15) is 18.5 Å². The van der Waals surface area contributed by atoms with Gasteiger partial charge in [0, 0.05) is 12.1 Å². The molecule has 0 saturated carbocycles. The van der Waals surface area contributed by atoms with E-state index in [-0.39, 0.29) is 26.6 Å². The number of hydrogen-bond acceptors (Lipinski definition) is 6. The van der Waals surface area contributed by atoms with E-state index in [0.29, 0.717) is 0 Å². The highest BCUT2D eigenvalue weighted by Crippen LogP contribution is 2.27. The number of anilines is 1. The molecule has 110 valence electrons. The van der Waals surface area contributed by atoms with Gasteiger partial charge in [-0.1, -0.05) is 23.2 Å². The highest BCUT2D eigenvalue weighted by Gasteiger charge is 2.21. The maximum atomic E-state index is 12.1. The minimum absolute atomic E-state index is 0.0613. The molecule has 2 aromatic rings. The van der Waals surface area contributed by atoms with Crippen molar-refractivity contribution >= 4 is 44.7 Å². The highest BCUT2D eigenvalue weighted by atomic mass is 35.5. The first-order chi connectivity index (χ1) is 9.79. The smallest absolute Gasteiger partial charge is 0.262 e. The molecule has 0 radical (unpaired) electrons. The van der Waals surface area contributed by atoms with E-state index >= 15 is 0 Å². The van der Waals surface area contributed by atoms with Gasteiger partial charge in [0.05, 0.1) is 9.95 Å². The lowest BCUT2D eigenvalue weighted by Gasteiger charge is -2.08. The zero-order chi connectivity index (χ0) is 15.6. The van der Waals surface area contributed by atoms with Crippen LogP contribution in [0.3, 0.4) is 0 Å². The Kier molecular flexibility index (Phi) is 4.26. The Balaban J connectivity index is 2.35. The van der Waals surface area contributed by atoms with Crippen LogP contribution in [0.25, 0.3) is 0 Å². The van der Waals surface area contributed by atoms with Gasteiger partial charge in [0.25, 0.3) is 15.7 Å². The third-order valence-electron chi connectivity index (χ3n) is 2.29. The number of nitro benzene ring substituents is 1. The summed E-state index contributed by atoms with van der Waals surface area (Å²) in [7, 11) is -4.05. The Morgan fingerprint density at radius 1 is 1.14 bits per heavy atom. The van der Waals surface area contributed by atoms with Crippen molar-refractivity contribution in [1.29, 1.82) is 0 Å². The van der Waals surface area contributed by atoms with Gasteiger partial charge in [-0.05, 0) is 18.2 Å². The summed E-state index contributed by atoms with van der Waals surface area (Å²) in [6.07, 6.45) is 0. The van der Waals surface area contributed by atoms with Crippen LogP contribution < -0.4 is 4.72 Å². The van der Waals surface area contributed by atoms with Crippen LogP contribution in [0, 0.1) is 10.1 Å². The summed E-state index contributed by atoms with van der Waals surface area (Å²) >= 11 is 11.3. The van der Waals surface area contributed by atoms with Crippen molar-refractivity contribution in [2.75, 3.05) is 4.72 Å². The second kappa shape index (κ2) is 5.80. The molecule has 0 amide bonds. The van der Waals surface area contributed by atoms with Gasteiger partial charge in [-0.25, -0.2) is 8.42 Å². The molecule has 0 spiro atoms. The average molecular weight is 349 g/mol. The van der Waals surface area contributed by atoms with Crippen LogP contribution in [-0.2, 0) is 10.0 Å². The molecule has 0 atom stereocenters. The van der Waals surface area contributed by atoms with E-state index in [1.54, 1.807) is 0 Å². The predicted molar refractivity (Wildman–Crippen MR) is 76.0 cm³/mol. The molecular formula is C10H6Cl2N4O4S. The summed E-state index contributed by atoms with van der Waals surface area (Å²) in [6, 6.07) is 5.68. The van der Waals surface area contributed by atoms with Crippen LogP contribution in [0.15, 0.2) is 35.2 Å². The van der Waals surface area contributed by atoms with Crippen molar-refractivity contribution in [3.8, 4) is 0 Å². The van der Waals surface area contributed by atoms with Crippen LogP contribution in [0.5, 0.6) is 0 Å². The van der Waals surface area contributed by atoms with Gasteiger partial charge in [-0.2, -0.15) is 0 Å². The van der Waals surface area contributed by atoms with Gasteiger partial charge in [-0.15, -0.1) is 10.2 Å². The number of sulfonamides is 1. The minimum atomic E-state index is -4.05. The molecule has 1 N–H and O–H groups in total. The van der Waals surface area contributed by atoms with Crippen molar-refractivity contribution in [2.24, 2.45) is 0 Å². The van der Waals surface area contributed by atoms with Gasteiger partial charge in [-0.3, -0.25) is 14.8 Å². The number of rotatable bonds is 4. The van der Waals surface area contributed by atoms with Crippen LogP contribution in [0.2, 0.25) is 10.2 Å². The van der Waals surface area contributed by atoms with Gasteiger partial charge in [0.1, 0.15) is 4.90 Å². The first kappa shape index (κ1) is 15.4. The van der Waals surface area contributed by atoms with E-state index < -0.39 is 14.9 Å². The van der Waals surface area contributed by atoms with Gasteiger partial charge < -0.3 is 0 Å². The third-order valence-corrected chi connectivity index (χ3v) is 4.33. The second-order valence-electron chi connectivity index (χ2n) is 3.72. The molecule has 0 aliphatic heterocycles. The predicted octanol–water partition coefficient (Wildman–Crippen LogP) is 2.49. The van der Waals surface area contributed by atoms with Crippen LogP contribution in [0.4, 0.5) is 11.5 Å². The lowest BCUT2D eigenvalue weighted by atomic mass is 10.3. The normalized spacial score (nSPS) is 11.1. The van der Waals surface area contributed by atoms with E-state index in [0.717, 1.165) is 18.2 Å². The Morgan fingerprint density at radius 2 is 1.86 bits per heavy atom. The van der Waals surface area contributed by atoms with Crippen molar-refractivity contribution < 1.29 is 13.3 Å². The number of nitro groups is 1. The summed E-state index contributed by atoms with van der Waals surface area (Å²) in [6.45, 7) is 0. The molecule has 1 heterocycles. The first-order valence-electron chi connectivity index (χ1n) is 5.25. The number of benzene rings is 1. The summed E-state index contributed by atoms with van der Waals surface area (Å²) < 4.78 is 26.4. The number of non-ortho nitro benzene ring substituents is 1. The molecule has 0 aliphatic carbocycles. The Labute approximate surface area is 128 Å². The van der Waals surface area contributed by atoms with Crippen LogP contribution in [0.1, 0.15) is 0 Å². The standard InChI is InChI=1S/C10H6Cl2N4O4S/c11-7-5-6(16(17)18)1-2-8(7)21(19,20)15-10-4-3-9(12)13-14-10/h1-5H,(H,14,15). The van der Waals surface area contributed by atoms with Crippen molar-refractivity contribution in [2.45, 2.75) is 4.90 Å². The summed E-state index contributed by atoms with van der Waals surface area (Å²) in [4.78, 5) is 9.59. The molecule has 1 aromatic carbocycles. The summed E-state index contributed by atoms with van der Waals surface area (Å²) in [5.74, 6) is -0.0613. The Morgan fingerprint density at radius 3 is 2.38 bits per heavy atom. The molecule has 2 rings (SSSR count). The number of halogens is 2. The largest absolute Gasteiger partial charge is 0.271 e. The molecule has 21 heavy (non-hydrogen) atoms. The second-order valence-corrected chi connectivity index (χ2v) is 6.16. The van der Waals surface area contributed by atoms with E-state index in [2.05, 4.69) is 14.9 Å². The fourth-order valence-electron chi connectivity index (χ4n) is 1.38. The number of aromatic nitrogens is 2. The molecule has 1 aromatic heterocycles. The fourth-order valence-corrected chi connectivity index (χ4v) is 3.02. The summed E-state index contributed by atoms with van der Waals surface area (Å²) in [5.41, 5.74) is -0.315. The molecule has 0 unspecified atom stereocenters. The van der Waals surface area contributed by atoms with E-state index in [1.165, 1.54) is 12.1 Å². The molecule has 11 heteroatoms. The third kappa shape index (κ3) is 3.57. The quantitative estimate of drug-likeness (QED) is 0.670. The monoisotopic (exact) mass is 348 g/mol. The highest BCUT2D eigenvalue weighted by molar-refractivity contribution is 7.92.